The quantitative estimate of drug-likeness (QED) is 0.835. The second-order valence-electron chi connectivity index (χ2n) is 5.36. The monoisotopic (exact) mass is 335 g/mol. The lowest BCUT2D eigenvalue weighted by Crippen LogP contribution is -2.09. The number of carbonyl (C=O) groups excluding carboxylic acids is 2. The van der Waals surface area contributed by atoms with Crippen molar-refractivity contribution in [3.05, 3.63) is 16.3 Å². The van der Waals surface area contributed by atoms with Gasteiger partial charge in [-0.25, -0.2) is 14.8 Å². The molecular formula is C15H17N3O4S. The first kappa shape index (κ1) is 15.7. The number of aryl methyl sites for hydroxylation is 1. The Hall–Kier alpha value is -2.22. The Morgan fingerprint density at radius 2 is 2.04 bits per heavy atom. The van der Waals surface area contributed by atoms with Crippen LogP contribution in [0.15, 0.2) is 0 Å². The van der Waals surface area contributed by atoms with Gasteiger partial charge in [0.1, 0.15) is 15.5 Å². The number of hydrogen-bond donors (Lipinski definition) is 1. The zero-order valence-corrected chi connectivity index (χ0v) is 13.7. The van der Waals surface area contributed by atoms with Gasteiger partial charge in [-0.05, 0) is 32.3 Å². The molecule has 1 fully saturated rings. The summed E-state index contributed by atoms with van der Waals surface area (Å²) in [5, 5.41) is 0.648. The fourth-order valence-electron chi connectivity index (χ4n) is 2.24. The molecule has 2 N–H and O–H groups in total. The summed E-state index contributed by atoms with van der Waals surface area (Å²) in [6, 6.07) is 0. The molecule has 1 aliphatic carbocycles. The van der Waals surface area contributed by atoms with Gasteiger partial charge in [0.05, 0.1) is 17.9 Å². The summed E-state index contributed by atoms with van der Waals surface area (Å²) < 4.78 is 10.2. The van der Waals surface area contributed by atoms with Crippen LogP contribution in [0.2, 0.25) is 0 Å². The number of ether oxygens (including phenoxy) is 2. The van der Waals surface area contributed by atoms with Crippen LogP contribution in [0.5, 0.6) is 0 Å². The van der Waals surface area contributed by atoms with E-state index in [0.717, 1.165) is 12.8 Å². The van der Waals surface area contributed by atoms with Gasteiger partial charge in [0.15, 0.2) is 12.4 Å². The van der Waals surface area contributed by atoms with Crippen molar-refractivity contribution in [1.82, 2.24) is 9.97 Å². The zero-order chi connectivity index (χ0) is 16.6. The van der Waals surface area contributed by atoms with Crippen molar-refractivity contribution in [2.75, 3.05) is 12.3 Å². The Balaban J connectivity index is 1.88. The van der Waals surface area contributed by atoms with Crippen molar-refractivity contribution in [3.63, 3.8) is 0 Å². The number of thiophene rings is 1. The normalized spacial score (nSPS) is 14.0. The summed E-state index contributed by atoms with van der Waals surface area (Å²) >= 11 is 1.21. The third-order valence-corrected chi connectivity index (χ3v) is 4.75. The summed E-state index contributed by atoms with van der Waals surface area (Å²) in [7, 11) is 0. The second-order valence-corrected chi connectivity index (χ2v) is 6.36. The largest absolute Gasteiger partial charge is 0.462 e. The average molecular weight is 335 g/mol. The van der Waals surface area contributed by atoms with E-state index in [0.29, 0.717) is 33.1 Å². The Morgan fingerprint density at radius 1 is 1.30 bits per heavy atom. The molecule has 3 rings (SSSR count). The minimum Gasteiger partial charge on any atom is -0.462 e. The van der Waals surface area contributed by atoms with E-state index in [2.05, 4.69) is 9.97 Å². The topological polar surface area (TPSA) is 104 Å². The van der Waals surface area contributed by atoms with Gasteiger partial charge in [0.25, 0.3) is 0 Å². The van der Waals surface area contributed by atoms with Crippen LogP contribution in [0.3, 0.4) is 0 Å². The first-order valence-corrected chi connectivity index (χ1v) is 8.22. The molecule has 2 aromatic rings. The number of carbonyl (C=O) groups is 2. The van der Waals surface area contributed by atoms with Crippen LogP contribution in [0.25, 0.3) is 10.2 Å². The van der Waals surface area contributed by atoms with Crippen LogP contribution in [0, 0.1) is 12.8 Å². The molecule has 2 aromatic heterocycles. The molecule has 1 aliphatic rings. The lowest BCUT2D eigenvalue weighted by molar-refractivity contribution is -0.146. The number of fused-ring (bicyclic) bond motifs is 1. The van der Waals surface area contributed by atoms with E-state index in [1.54, 1.807) is 13.8 Å². The molecule has 122 valence electrons. The smallest absolute Gasteiger partial charge is 0.348 e. The molecule has 1 saturated carbocycles. The molecule has 0 aromatic carbocycles. The predicted octanol–water partition coefficient (Wildman–Crippen LogP) is 2.21. The van der Waals surface area contributed by atoms with Crippen molar-refractivity contribution in [3.8, 4) is 0 Å². The molecular weight excluding hydrogens is 318 g/mol. The van der Waals surface area contributed by atoms with Crippen molar-refractivity contribution in [2.45, 2.75) is 33.3 Å². The maximum atomic E-state index is 12.0. The van der Waals surface area contributed by atoms with E-state index in [4.69, 9.17) is 15.2 Å². The number of nitrogens with two attached hydrogens (primary N) is 1. The number of hydrogen-bond acceptors (Lipinski definition) is 8. The Kier molecular flexibility index (Phi) is 4.16. The van der Waals surface area contributed by atoms with Crippen molar-refractivity contribution >= 4 is 39.3 Å². The van der Waals surface area contributed by atoms with Crippen LogP contribution in [0.1, 0.15) is 40.8 Å². The van der Waals surface area contributed by atoms with Crippen LogP contribution in [-0.2, 0) is 20.9 Å². The predicted molar refractivity (Wildman–Crippen MR) is 85.0 cm³/mol. The van der Waals surface area contributed by atoms with Crippen LogP contribution >= 0.6 is 11.3 Å². The third kappa shape index (κ3) is 3.12. The van der Waals surface area contributed by atoms with E-state index < -0.39 is 5.97 Å². The summed E-state index contributed by atoms with van der Waals surface area (Å²) in [5.41, 5.74) is 6.70. The van der Waals surface area contributed by atoms with Crippen molar-refractivity contribution in [2.24, 2.45) is 5.92 Å². The molecule has 0 spiro atoms. The fraction of sp³-hybridized carbons (Fsp3) is 0.467. The first-order valence-electron chi connectivity index (χ1n) is 7.40. The van der Waals surface area contributed by atoms with Gasteiger partial charge >= 0.3 is 11.9 Å². The number of rotatable bonds is 5. The number of aromatic nitrogens is 2. The van der Waals surface area contributed by atoms with Gasteiger partial charge < -0.3 is 15.2 Å². The average Bonchev–Trinajstić information content (AvgIpc) is 3.29. The molecule has 8 heteroatoms. The molecule has 0 radical (unpaired) electrons. The summed E-state index contributed by atoms with van der Waals surface area (Å²) in [6.45, 7) is 3.83. The van der Waals surface area contributed by atoms with Crippen LogP contribution in [0.4, 0.5) is 5.82 Å². The summed E-state index contributed by atoms with van der Waals surface area (Å²) in [5.74, 6) is 0.0175. The second kappa shape index (κ2) is 6.11. The van der Waals surface area contributed by atoms with Crippen molar-refractivity contribution < 1.29 is 19.1 Å². The Labute approximate surface area is 136 Å². The van der Waals surface area contributed by atoms with Crippen LogP contribution < -0.4 is 5.73 Å². The van der Waals surface area contributed by atoms with E-state index >= 15 is 0 Å². The van der Waals surface area contributed by atoms with Crippen molar-refractivity contribution in [1.29, 1.82) is 0 Å². The van der Waals surface area contributed by atoms with Gasteiger partial charge in [-0.2, -0.15) is 0 Å². The van der Waals surface area contributed by atoms with Crippen LogP contribution in [-0.4, -0.2) is 28.5 Å². The molecule has 7 nitrogen and oxygen atoms in total. The molecule has 2 heterocycles. The minimum absolute atomic E-state index is 0.0127. The van der Waals surface area contributed by atoms with E-state index in [9.17, 15) is 9.59 Å². The molecule has 0 unspecified atom stereocenters. The summed E-state index contributed by atoms with van der Waals surface area (Å²) in [6.07, 6.45) is 1.77. The van der Waals surface area contributed by atoms with E-state index in [1.165, 1.54) is 11.3 Å². The van der Waals surface area contributed by atoms with Gasteiger partial charge in [0, 0.05) is 0 Å². The summed E-state index contributed by atoms with van der Waals surface area (Å²) in [4.78, 5) is 33.1. The minimum atomic E-state index is -0.394. The maximum Gasteiger partial charge on any atom is 0.348 e. The highest BCUT2D eigenvalue weighted by atomic mass is 32.1. The lowest BCUT2D eigenvalue weighted by Gasteiger charge is -2.04. The van der Waals surface area contributed by atoms with E-state index in [-0.39, 0.29) is 24.3 Å². The highest BCUT2D eigenvalue weighted by molar-refractivity contribution is 7.20. The fourth-order valence-corrected chi connectivity index (χ4v) is 3.35. The SMILES string of the molecule is CCOC(=O)c1sc2nc(COC(=O)C3CC3)nc(N)c2c1C. The third-order valence-electron chi connectivity index (χ3n) is 3.58. The zero-order valence-electron chi connectivity index (χ0n) is 12.9. The van der Waals surface area contributed by atoms with Gasteiger partial charge in [-0.1, -0.05) is 0 Å². The molecule has 0 bridgehead atoms. The van der Waals surface area contributed by atoms with Gasteiger partial charge in [-0.3, -0.25) is 4.79 Å². The molecule has 23 heavy (non-hydrogen) atoms. The molecule has 0 saturated heterocycles. The number of esters is 2. The van der Waals surface area contributed by atoms with E-state index in [1.807, 2.05) is 0 Å². The van der Waals surface area contributed by atoms with Gasteiger partial charge in [0.2, 0.25) is 0 Å². The number of anilines is 1. The number of nitrogen functional groups attached to an aromatic ring is 1. The molecule has 0 atom stereocenters. The Bertz CT molecular complexity index is 783. The highest BCUT2D eigenvalue weighted by Gasteiger charge is 2.31. The lowest BCUT2D eigenvalue weighted by atomic mass is 10.2. The van der Waals surface area contributed by atoms with Gasteiger partial charge in [-0.15, -0.1) is 11.3 Å². The number of nitrogens with zero attached hydrogens (tertiary/aromatic N) is 2. The molecule has 0 amide bonds. The standard InChI is InChI=1S/C15H17N3O4S/c1-3-21-15(20)11-7(2)10-12(16)17-9(18-13(10)23-11)6-22-14(19)8-4-5-8/h8H,3-6H2,1-2H3,(H2,16,17,18). The first-order chi connectivity index (χ1) is 11.0. The molecule has 0 aliphatic heterocycles. The Morgan fingerprint density at radius 3 is 2.70 bits per heavy atom. The maximum absolute atomic E-state index is 12.0. The highest BCUT2D eigenvalue weighted by Crippen LogP contribution is 2.33.